The van der Waals surface area contributed by atoms with Gasteiger partial charge in [-0.1, -0.05) is 32.0 Å². The van der Waals surface area contributed by atoms with Crippen molar-refractivity contribution in [1.29, 1.82) is 0 Å². The number of hydrogen-bond acceptors (Lipinski definition) is 4. The molecule has 2 aliphatic carbocycles. The highest BCUT2D eigenvalue weighted by molar-refractivity contribution is 7.98. The number of thioether (sulfide) groups is 1. The molecule has 3 atom stereocenters. The number of rotatable bonds is 9. The zero-order valence-corrected chi connectivity index (χ0v) is 16.6. The molecule has 3 unspecified atom stereocenters. The Hall–Kier alpha value is -1.04. The molecule has 2 aliphatic rings. The third-order valence-electron chi connectivity index (χ3n) is 5.76. The highest BCUT2D eigenvalue weighted by Crippen LogP contribution is 2.49. The molecule has 0 aromatic carbocycles. The lowest BCUT2D eigenvalue weighted by Gasteiger charge is -2.20. The number of amides is 1. The van der Waals surface area contributed by atoms with Crippen molar-refractivity contribution in [3.05, 3.63) is 5.82 Å². The molecular formula is C19H32N4OS. The average Bonchev–Trinajstić information content (AvgIpc) is 3.27. The Morgan fingerprint density at radius 2 is 2.16 bits per heavy atom. The summed E-state index contributed by atoms with van der Waals surface area (Å²) in [6.45, 7) is 6.12. The SMILES string of the molecule is CSc1nnc(CCCNC(=O)CC2CC3CCC2C3)n1CC(C)C. The topological polar surface area (TPSA) is 59.8 Å². The minimum atomic E-state index is 0.242. The average molecular weight is 365 g/mol. The van der Waals surface area contributed by atoms with Crippen LogP contribution < -0.4 is 5.32 Å². The van der Waals surface area contributed by atoms with Crippen molar-refractivity contribution in [2.24, 2.45) is 23.7 Å². The van der Waals surface area contributed by atoms with Gasteiger partial charge in [0.1, 0.15) is 5.82 Å². The van der Waals surface area contributed by atoms with Crippen LogP contribution in [-0.4, -0.2) is 33.5 Å². The fourth-order valence-corrected chi connectivity index (χ4v) is 5.14. The van der Waals surface area contributed by atoms with Crippen LogP contribution in [0.25, 0.3) is 0 Å². The number of nitrogens with one attached hydrogen (secondary N) is 1. The highest BCUT2D eigenvalue weighted by atomic mass is 32.2. The Labute approximate surface area is 155 Å². The third kappa shape index (κ3) is 4.78. The first-order valence-corrected chi connectivity index (χ1v) is 11.0. The lowest BCUT2D eigenvalue weighted by molar-refractivity contribution is -0.122. The maximum absolute atomic E-state index is 12.2. The molecule has 0 saturated heterocycles. The van der Waals surface area contributed by atoms with Gasteiger partial charge in [-0.2, -0.15) is 0 Å². The number of aromatic nitrogens is 3. The van der Waals surface area contributed by atoms with Crippen molar-refractivity contribution in [2.45, 2.75) is 70.5 Å². The monoisotopic (exact) mass is 364 g/mol. The van der Waals surface area contributed by atoms with Gasteiger partial charge < -0.3 is 9.88 Å². The van der Waals surface area contributed by atoms with Gasteiger partial charge in [-0.15, -0.1) is 10.2 Å². The van der Waals surface area contributed by atoms with Gasteiger partial charge in [0.15, 0.2) is 5.16 Å². The molecule has 0 aliphatic heterocycles. The van der Waals surface area contributed by atoms with E-state index in [4.69, 9.17) is 0 Å². The highest BCUT2D eigenvalue weighted by Gasteiger charge is 2.39. The molecule has 5 nitrogen and oxygen atoms in total. The Bertz CT molecular complexity index is 586. The van der Waals surface area contributed by atoms with Gasteiger partial charge in [0.2, 0.25) is 5.91 Å². The number of nitrogens with zero attached hydrogens (tertiary/aromatic N) is 3. The summed E-state index contributed by atoms with van der Waals surface area (Å²) in [6, 6.07) is 0. The second-order valence-electron chi connectivity index (χ2n) is 8.20. The Morgan fingerprint density at radius 3 is 2.80 bits per heavy atom. The smallest absolute Gasteiger partial charge is 0.220 e. The van der Waals surface area contributed by atoms with E-state index in [0.29, 0.717) is 11.8 Å². The second-order valence-corrected chi connectivity index (χ2v) is 8.97. The van der Waals surface area contributed by atoms with Crippen molar-refractivity contribution >= 4 is 17.7 Å². The van der Waals surface area contributed by atoms with E-state index in [0.717, 1.165) is 55.2 Å². The van der Waals surface area contributed by atoms with Gasteiger partial charge in [-0.05, 0) is 55.6 Å². The molecule has 1 amide bonds. The van der Waals surface area contributed by atoms with Crippen molar-refractivity contribution < 1.29 is 4.79 Å². The van der Waals surface area contributed by atoms with Crippen LogP contribution in [0.1, 0.15) is 58.2 Å². The van der Waals surface area contributed by atoms with E-state index in [1.807, 2.05) is 6.26 Å². The van der Waals surface area contributed by atoms with Crippen LogP contribution in [0.4, 0.5) is 0 Å². The standard InChI is InChI=1S/C19H32N4OS/c1-13(2)12-23-17(21-22-19(23)25-3)5-4-8-20-18(24)11-16-10-14-6-7-15(16)9-14/h13-16H,4-12H2,1-3H3,(H,20,24). The van der Waals surface area contributed by atoms with E-state index < -0.39 is 0 Å². The Balaban J connectivity index is 1.39. The van der Waals surface area contributed by atoms with Crippen molar-refractivity contribution in [2.75, 3.05) is 12.8 Å². The largest absolute Gasteiger partial charge is 0.356 e. The van der Waals surface area contributed by atoms with E-state index >= 15 is 0 Å². The molecule has 140 valence electrons. The molecule has 2 fully saturated rings. The molecule has 1 N–H and O–H groups in total. The molecular weight excluding hydrogens is 332 g/mol. The Kier molecular flexibility index (Phi) is 6.42. The van der Waals surface area contributed by atoms with Crippen molar-refractivity contribution in [1.82, 2.24) is 20.1 Å². The number of fused-ring (bicyclic) bond motifs is 2. The zero-order chi connectivity index (χ0) is 17.8. The lowest BCUT2D eigenvalue weighted by Crippen LogP contribution is -2.28. The van der Waals surface area contributed by atoms with Gasteiger partial charge in [0.25, 0.3) is 0 Å². The molecule has 6 heteroatoms. The summed E-state index contributed by atoms with van der Waals surface area (Å²) >= 11 is 1.65. The first-order valence-electron chi connectivity index (χ1n) is 9.79. The van der Waals surface area contributed by atoms with Gasteiger partial charge in [-0.3, -0.25) is 4.79 Å². The van der Waals surface area contributed by atoms with Gasteiger partial charge in [-0.25, -0.2) is 0 Å². The molecule has 2 saturated carbocycles. The van der Waals surface area contributed by atoms with Crippen LogP contribution in [0, 0.1) is 23.7 Å². The second kappa shape index (κ2) is 8.56. The predicted octanol–water partition coefficient (Wildman–Crippen LogP) is 3.53. The molecule has 1 aromatic heterocycles. The first-order chi connectivity index (χ1) is 12.1. The normalized spacial score (nSPS) is 25.0. The van der Waals surface area contributed by atoms with E-state index in [-0.39, 0.29) is 5.91 Å². The molecule has 2 bridgehead atoms. The maximum atomic E-state index is 12.2. The molecule has 3 rings (SSSR count). The summed E-state index contributed by atoms with van der Waals surface area (Å²) in [6.07, 6.45) is 9.99. The van der Waals surface area contributed by atoms with Crippen molar-refractivity contribution in [3.8, 4) is 0 Å². The summed E-state index contributed by atoms with van der Waals surface area (Å²) < 4.78 is 2.23. The molecule has 1 heterocycles. The number of hydrogen-bond donors (Lipinski definition) is 1. The quantitative estimate of drug-likeness (QED) is 0.538. The fraction of sp³-hybridized carbons (Fsp3) is 0.842. The van der Waals surface area contributed by atoms with Crippen LogP contribution in [0.5, 0.6) is 0 Å². The minimum Gasteiger partial charge on any atom is -0.356 e. The fourth-order valence-electron chi connectivity index (χ4n) is 4.61. The van der Waals surface area contributed by atoms with E-state index in [2.05, 4.69) is 33.9 Å². The van der Waals surface area contributed by atoms with Gasteiger partial charge >= 0.3 is 0 Å². The third-order valence-corrected chi connectivity index (χ3v) is 6.42. The van der Waals surface area contributed by atoms with E-state index in [1.165, 1.54) is 25.7 Å². The summed E-state index contributed by atoms with van der Waals surface area (Å²) in [5.74, 6) is 4.25. The molecule has 25 heavy (non-hydrogen) atoms. The summed E-state index contributed by atoms with van der Waals surface area (Å²) in [7, 11) is 0. The number of aryl methyl sites for hydroxylation is 1. The molecule has 0 spiro atoms. The lowest BCUT2D eigenvalue weighted by atomic mass is 9.86. The van der Waals surface area contributed by atoms with Gasteiger partial charge in [0, 0.05) is 25.9 Å². The van der Waals surface area contributed by atoms with Crippen LogP contribution in [0.15, 0.2) is 5.16 Å². The summed E-state index contributed by atoms with van der Waals surface area (Å²) in [4.78, 5) is 12.2. The van der Waals surface area contributed by atoms with Crippen LogP contribution in [0.3, 0.4) is 0 Å². The van der Waals surface area contributed by atoms with Crippen LogP contribution >= 0.6 is 11.8 Å². The summed E-state index contributed by atoms with van der Waals surface area (Å²) in [5, 5.41) is 12.7. The first kappa shape index (κ1) is 18.7. The number of carbonyl (C=O) groups excluding carboxylic acids is 1. The van der Waals surface area contributed by atoms with Crippen LogP contribution in [-0.2, 0) is 17.8 Å². The molecule has 0 radical (unpaired) electrons. The molecule has 1 aromatic rings. The summed E-state index contributed by atoms with van der Waals surface area (Å²) in [5.41, 5.74) is 0. The minimum absolute atomic E-state index is 0.242. The van der Waals surface area contributed by atoms with Gasteiger partial charge in [0.05, 0.1) is 0 Å². The Morgan fingerprint density at radius 1 is 1.32 bits per heavy atom. The van der Waals surface area contributed by atoms with Crippen molar-refractivity contribution in [3.63, 3.8) is 0 Å². The van der Waals surface area contributed by atoms with E-state index in [1.54, 1.807) is 11.8 Å². The van der Waals surface area contributed by atoms with Crippen LogP contribution in [0.2, 0.25) is 0 Å². The van der Waals surface area contributed by atoms with E-state index in [9.17, 15) is 4.79 Å². The maximum Gasteiger partial charge on any atom is 0.220 e. The predicted molar refractivity (Wildman–Crippen MR) is 102 cm³/mol. The zero-order valence-electron chi connectivity index (χ0n) is 15.8. The number of carbonyl (C=O) groups is 1.